The molecule has 1 aliphatic heterocycles. The zero-order chi connectivity index (χ0) is 18.4. The first-order chi connectivity index (χ1) is 12.7. The van der Waals surface area contributed by atoms with Crippen LogP contribution in [0.1, 0.15) is 37.2 Å². The summed E-state index contributed by atoms with van der Waals surface area (Å²) in [6.45, 7) is 4.51. The van der Waals surface area contributed by atoms with E-state index in [1.165, 1.54) is 11.3 Å². The lowest BCUT2D eigenvalue weighted by atomic mass is 9.79. The zero-order valence-electron chi connectivity index (χ0n) is 16.0. The lowest BCUT2D eigenvalue weighted by Crippen LogP contribution is -2.45. The summed E-state index contributed by atoms with van der Waals surface area (Å²) in [5, 5.41) is 2.70. The van der Waals surface area contributed by atoms with Crippen LogP contribution in [0.4, 0.5) is 0 Å². The minimum absolute atomic E-state index is 0.116. The van der Waals surface area contributed by atoms with Gasteiger partial charge in [-0.05, 0) is 37.9 Å². The molecule has 1 unspecified atom stereocenters. The molecule has 5 nitrogen and oxygen atoms in total. The van der Waals surface area contributed by atoms with Crippen LogP contribution in [0.15, 0.2) is 35.3 Å². The fourth-order valence-electron chi connectivity index (χ4n) is 3.88. The number of hydrogen-bond donors (Lipinski definition) is 1. The summed E-state index contributed by atoms with van der Waals surface area (Å²) in [6.07, 6.45) is 3.85. The summed E-state index contributed by atoms with van der Waals surface area (Å²) < 4.78 is 5.55. The Morgan fingerprint density at radius 3 is 2.69 bits per heavy atom. The highest BCUT2D eigenvalue weighted by Crippen LogP contribution is 2.39. The van der Waals surface area contributed by atoms with E-state index in [4.69, 9.17) is 9.73 Å². The number of carbonyl (C=O) groups is 1. The highest BCUT2D eigenvalue weighted by atomic mass is 16.5. The largest absolute Gasteiger partial charge is 0.384 e. The molecule has 3 rings (SSSR count). The number of methoxy groups -OCH3 is 1. The number of nitrogens with zero attached hydrogens (tertiary/aromatic N) is 2. The van der Waals surface area contributed by atoms with Gasteiger partial charge in [-0.15, -0.1) is 0 Å². The summed E-state index contributed by atoms with van der Waals surface area (Å²) in [7, 11) is 3.48. The number of carbonyl (C=O) groups excluding carboxylic acids is 1. The van der Waals surface area contributed by atoms with Crippen molar-refractivity contribution in [2.75, 3.05) is 46.9 Å². The fourth-order valence-corrected chi connectivity index (χ4v) is 3.88. The van der Waals surface area contributed by atoms with Crippen LogP contribution in [0, 0.1) is 5.41 Å². The number of amides is 1. The van der Waals surface area contributed by atoms with E-state index in [-0.39, 0.29) is 11.3 Å². The molecule has 26 heavy (non-hydrogen) atoms. The topological polar surface area (TPSA) is 53.9 Å². The third-order valence-electron chi connectivity index (χ3n) is 5.78. The van der Waals surface area contributed by atoms with Gasteiger partial charge in [0.2, 0.25) is 5.91 Å². The zero-order valence-corrected chi connectivity index (χ0v) is 16.0. The van der Waals surface area contributed by atoms with Gasteiger partial charge in [-0.1, -0.05) is 30.3 Å². The average molecular weight is 357 g/mol. The van der Waals surface area contributed by atoms with Gasteiger partial charge >= 0.3 is 0 Å². The van der Waals surface area contributed by atoms with Crippen LogP contribution in [0.5, 0.6) is 0 Å². The van der Waals surface area contributed by atoms with Crippen molar-refractivity contribution in [3.05, 3.63) is 35.9 Å². The quantitative estimate of drug-likeness (QED) is 0.778. The molecule has 2 aliphatic rings. The van der Waals surface area contributed by atoms with Crippen LogP contribution < -0.4 is 5.32 Å². The van der Waals surface area contributed by atoms with Gasteiger partial charge in [0.25, 0.3) is 0 Å². The first-order valence-electron chi connectivity index (χ1n) is 9.66. The monoisotopic (exact) mass is 357 g/mol. The molecular weight excluding hydrogens is 326 g/mol. The van der Waals surface area contributed by atoms with E-state index in [1.807, 2.05) is 0 Å². The maximum atomic E-state index is 11.4. The second-order valence-electron chi connectivity index (χ2n) is 7.67. The molecular formula is C21H31N3O2. The third-order valence-corrected chi connectivity index (χ3v) is 5.78. The van der Waals surface area contributed by atoms with E-state index in [0.29, 0.717) is 12.3 Å². The molecule has 1 heterocycles. The summed E-state index contributed by atoms with van der Waals surface area (Å²) in [6, 6.07) is 10.7. The Labute approximate surface area is 156 Å². The van der Waals surface area contributed by atoms with Gasteiger partial charge in [0.1, 0.15) is 0 Å². The number of benzene rings is 1. The molecule has 1 aliphatic carbocycles. The molecule has 0 spiro atoms. The highest BCUT2D eigenvalue weighted by molar-refractivity contribution is 6.05. The molecule has 1 amide bonds. The molecule has 1 saturated carbocycles. The maximum absolute atomic E-state index is 11.4. The molecule has 1 aromatic rings. The smallest absolute Gasteiger partial charge is 0.221 e. The molecule has 0 aromatic heterocycles. The molecule has 1 atom stereocenters. The van der Waals surface area contributed by atoms with Gasteiger partial charge in [0.15, 0.2) is 0 Å². The van der Waals surface area contributed by atoms with Gasteiger partial charge < -0.3 is 15.0 Å². The number of piperidine rings is 1. The fraction of sp³-hybridized carbons (Fsp3) is 0.619. The molecule has 5 heteroatoms. The van der Waals surface area contributed by atoms with E-state index >= 15 is 0 Å². The number of nitrogens with one attached hydrogen (secondary N) is 1. The van der Waals surface area contributed by atoms with Crippen molar-refractivity contribution >= 4 is 11.6 Å². The Morgan fingerprint density at radius 1 is 1.31 bits per heavy atom. The number of rotatable bonds is 8. The van der Waals surface area contributed by atoms with Crippen LogP contribution in [0.25, 0.3) is 0 Å². The van der Waals surface area contributed by atoms with E-state index < -0.39 is 0 Å². The summed E-state index contributed by atoms with van der Waals surface area (Å²) >= 11 is 0. The molecule has 1 aromatic carbocycles. The number of hydrogen-bond acceptors (Lipinski definition) is 4. The van der Waals surface area contributed by atoms with Gasteiger partial charge in [-0.2, -0.15) is 0 Å². The van der Waals surface area contributed by atoms with Crippen molar-refractivity contribution < 1.29 is 9.53 Å². The lowest BCUT2D eigenvalue weighted by Gasteiger charge is -2.40. The molecule has 1 saturated heterocycles. The van der Waals surface area contributed by atoms with Crippen LogP contribution in [-0.2, 0) is 9.53 Å². The Bertz CT molecular complexity index is 621. The van der Waals surface area contributed by atoms with E-state index in [2.05, 4.69) is 40.5 Å². The molecule has 1 N–H and O–H groups in total. The van der Waals surface area contributed by atoms with E-state index in [1.54, 1.807) is 14.2 Å². The first kappa shape index (κ1) is 19.1. The van der Waals surface area contributed by atoms with Gasteiger partial charge in [0, 0.05) is 50.7 Å². The molecule has 0 bridgehead atoms. The minimum atomic E-state index is 0.116. The highest BCUT2D eigenvalue weighted by Gasteiger charge is 2.37. The second-order valence-corrected chi connectivity index (χ2v) is 7.67. The minimum Gasteiger partial charge on any atom is -0.384 e. The van der Waals surface area contributed by atoms with Crippen LogP contribution in [-0.4, -0.2) is 63.5 Å². The Morgan fingerprint density at radius 2 is 2.04 bits per heavy atom. The summed E-state index contributed by atoms with van der Waals surface area (Å²) in [5.74, 6) is 0.647. The van der Waals surface area contributed by atoms with Crippen molar-refractivity contribution in [3.63, 3.8) is 0 Å². The van der Waals surface area contributed by atoms with E-state index in [9.17, 15) is 4.79 Å². The van der Waals surface area contributed by atoms with Crippen molar-refractivity contribution in [1.29, 1.82) is 0 Å². The van der Waals surface area contributed by atoms with Crippen LogP contribution in [0.2, 0.25) is 0 Å². The summed E-state index contributed by atoms with van der Waals surface area (Å²) in [5.41, 5.74) is 2.87. The first-order valence-corrected chi connectivity index (χ1v) is 9.66. The standard InChI is InChI=1S/C21H31N3O2/c1-22-20(25)8-11-24-12-9-21(10-13-24,16-26-2)15-23-19-14-18(19)17-6-4-3-5-7-17/h3-7,18H,8-16H2,1-2H3,(H,22,25). The Balaban J connectivity index is 1.52. The Kier molecular flexibility index (Phi) is 6.43. The van der Waals surface area contributed by atoms with Crippen molar-refractivity contribution in [3.8, 4) is 0 Å². The normalized spacial score (nSPS) is 23.8. The van der Waals surface area contributed by atoms with Crippen molar-refractivity contribution in [2.24, 2.45) is 10.4 Å². The van der Waals surface area contributed by atoms with Gasteiger partial charge in [-0.3, -0.25) is 9.79 Å². The average Bonchev–Trinajstić information content (AvgIpc) is 3.46. The Hall–Kier alpha value is -1.72. The number of aliphatic imine (C=N–C) groups is 1. The predicted molar refractivity (Wildman–Crippen MR) is 105 cm³/mol. The molecule has 142 valence electrons. The maximum Gasteiger partial charge on any atom is 0.221 e. The van der Waals surface area contributed by atoms with Crippen LogP contribution in [0.3, 0.4) is 0 Å². The molecule has 0 radical (unpaired) electrons. The van der Waals surface area contributed by atoms with Gasteiger partial charge in [-0.25, -0.2) is 0 Å². The predicted octanol–water partition coefficient (Wildman–Crippen LogP) is 2.48. The van der Waals surface area contributed by atoms with Crippen LogP contribution >= 0.6 is 0 Å². The SMILES string of the molecule is CNC(=O)CCN1CCC(CN=C2CC2c2ccccc2)(COC)CC1. The lowest BCUT2D eigenvalue weighted by molar-refractivity contribution is -0.121. The van der Waals surface area contributed by atoms with Crippen molar-refractivity contribution in [1.82, 2.24) is 10.2 Å². The third kappa shape index (κ3) is 4.92. The number of ether oxygens (including phenoxy) is 1. The second kappa shape index (κ2) is 8.78. The number of likely N-dealkylation sites (tertiary alicyclic amines) is 1. The van der Waals surface area contributed by atoms with Crippen molar-refractivity contribution in [2.45, 2.75) is 31.6 Å². The van der Waals surface area contributed by atoms with Gasteiger partial charge in [0.05, 0.1) is 6.61 Å². The summed E-state index contributed by atoms with van der Waals surface area (Å²) in [4.78, 5) is 18.8. The molecule has 2 fully saturated rings. The van der Waals surface area contributed by atoms with E-state index in [0.717, 1.165) is 52.0 Å².